The van der Waals surface area contributed by atoms with Crippen molar-refractivity contribution in [3.63, 3.8) is 0 Å². The zero-order valence-corrected chi connectivity index (χ0v) is 18.1. The third kappa shape index (κ3) is 4.46. The second-order valence-corrected chi connectivity index (χ2v) is 9.79. The number of anilines is 1. The molecule has 1 saturated heterocycles. The van der Waals surface area contributed by atoms with Crippen molar-refractivity contribution in [1.29, 1.82) is 0 Å². The molecular formula is C22H28N2O4S. The lowest BCUT2D eigenvalue weighted by molar-refractivity contribution is -0.120. The lowest BCUT2D eigenvalue weighted by Crippen LogP contribution is -2.41. The van der Waals surface area contributed by atoms with Gasteiger partial charge in [0, 0.05) is 19.0 Å². The average Bonchev–Trinajstić information content (AvgIpc) is 2.63. The van der Waals surface area contributed by atoms with Crippen LogP contribution < -0.4 is 5.32 Å². The summed E-state index contributed by atoms with van der Waals surface area (Å²) in [4.78, 5) is 13.0. The molecule has 1 heterocycles. The second-order valence-electron chi connectivity index (χ2n) is 7.92. The Labute approximate surface area is 172 Å². The molecule has 0 bridgehead atoms. The van der Waals surface area contributed by atoms with Gasteiger partial charge in [-0.3, -0.25) is 4.79 Å². The van der Waals surface area contributed by atoms with E-state index in [0.717, 1.165) is 22.3 Å². The SMILES string of the molecule is Cc1cc(C)c(S(=O)(=O)N2CCC(C(=O)Nc3ccc(C)cc3O)CC2)c(C)c1. The number of aryl methyl sites for hydroxylation is 4. The Morgan fingerprint density at radius 3 is 2.14 bits per heavy atom. The Morgan fingerprint density at radius 2 is 1.59 bits per heavy atom. The molecule has 1 aliphatic rings. The number of rotatable bonds is 4. The number of hydrogen-bond donors (Lipinski definition) is 2. The highest BCUT2D eigenvalue weighted by molar-refractivity contribution is 7.89. The highest BCUT2D eigenvalue weighted by atomic mass is 32.2. The number of phenols is 1. The van der Waals surface area contributed by atoms with Gasteiger partial charge in [0.15, 0.2) is 0 Å². The summed E-state index contributed by atoms with van der Waals surface area (Å²) >= 11 is 0. The molecular weight excluding hydrogens is 388 g/mol. The van der Waals surface area contributed by atoms with Crippen molar-refractivity contribution in [3.05, 3.63) is 52.6 Å². The maximum Gasteiger partial charge on any atom is 0.243 e. The van der Waals surface area contributed by atoms with Gasteiger partial charge >= 0.3 is 0 Å². The molecule has 7 heteroatoms. The Morgan fingerprint density at radius 1 is 1.00 bits per heavy atom. The van der Waals surface area contributed by atoms with Crippen molar-refractivity contribution in [2.75, 3.05) is 18.4 Å². The smallest absolute Gasteiger partial charge is 0.243 e. The minimum absolute atomic E-state index is 0.0312. The van der Waals surface area contributed by atoms with Gasteiger partial charge in [0.1, 0.15) is 5.75 Å². The topological polar surface area (TPSA) is 86.7 Å². The van der Waals surface area contributed by atoms with Crippen LogP contribution in [0.5, 0.6) is 5.75 Å². The first kappa shape index (κ1) is 21.3. The molecule has 29 heavy (non-hydrogen) atoms. The normalized spacial score (nSPS) is 16.0. The van der Waals surface area contributed by atoms with Crippen LogP contribution in [0.3, 0.4) is 0 Å². The van der Waals surface area contributed by atoms with E-state index in [-0.39, 0.29) is 17.6 Å². The van der Waals surface area contributed by atoms with Gasteiger partial charge in [-0.15, -0.1) is 0 Å². The van der Waals surface area contributed by atoms with Crippen LogP contribution in [0.4, 0.5) is 5.69 Å². The molecule has 0 radical (unpaired) electrons. The number of benzene rings is 2. The fourth-order valence-electron chi connectivity index (χ4n) is 4.04. The summed E-state index contributed by atoms with van der Waals surface area (Å²) in [5.74, 6) is -0.449. The molecule has 156 valence electrons. The van der Waals surface area contributed by atoms with E-state index in [1.165, 1.54) is 4.31 Å². The number of aromatic hydroxyl groups is 1. The van der Waals surface area contributed by atoms with Gasteiger partial charge < -0.3 is 10.4 Å². The zero-order valence-electron chi connectivity index (χ0n) is 17.3. The fourth-order valence-corrected chi connectivity index (χ4v) is 5.92. The van der Waals surface area contributed by atoms with Gasteiger partial charge in [-0.2, -0.15) is 4.31 Å². The van der Waals surface area contributed by atoms with Crippen molar-refractivity contribution >= 4 is 21.6 Å². The zero-order chi connectivity index (χ0) is 21.3. The summed E-state index contributed by atoms with van der Waals surface area (Å²) in [6.45, 7) is 8.05. The van der Waals surface area contributed by atoms with Crippen molar-refractivity contribution in [2.24, 2.45) is 5.92 Å². The number of piperidine rings is 1. The van der Waals surface area contributed by atoms with Crippen molar-refractivity contribution < 1.29 is 18.3 Å². The number of carbonyl (C=O) groups is 1. The van der Waals surface area contributed by atoms with Crippen molar-refractivity contribution in [3.8, 4) is 5.75 Å². The number of nitrogens with zero attached hydrogens (tertiary/aromatic N) is 1. The van der Waals surface area contributed by atoms with Gasteiger partial charge in [0.05, 0.1) is 10.6 Å². The summed E-state index contributed by atoms with van der Waals surface area (Å²) in [6, 6.07) is 8.85. The molecule has 3 rings (SSSR count). The summed E-state index contributed by atoms with van der Waals surface area (Å²) in [5.41, 5.74) is 3.81. The van der Waals surface area contributed by atoms with E-state index in [1.54, 1.807) is 12.1 Å². The number of carbonyl (C=O) groups excluding carboxylic acids is 1. The Balaban J connectivity index is 1.69. The van der Waals surface area contributed by atoms with Gasteiger partial charge in [-0.1, -0.05) is 23.8 Å². The monoisotopic (exact) mass is 416 g/mol. The fraction of sp³-hybridized carbons (Fsp3) is 0.409. The maximum atomic E-state index is 13.2. The molecule has 0 atom stereocenters. The molecule has 0 aromatic heterocycles. The number of phenolic OH excluding ortho intramolecular Hbond substituents is 1. The first-order valence-electron chi connectivity index (χ1n) is 9.78. The van der Waals surface area contributed by atoms with E-state index in [4.69, 9.17) is 0 Å². The quantitative estimate of drug-likeness (QED) is 0.745. The third-order valence-electron chi connectivity index (χ3n) is 5.44. The van der Waals surface area contributed by atoms with Crippen LogP contribution in [-0.4, -0.2) is 36.8 Å². The molecule has 0 aliphatic carbocycles. The number of nitrogens with one attached hydrogen (secondary N) is 1. The van der Waals surface area contributed by atoms with Gasteiger partial charge in [-0.05, 0) is 69.4 Å². The minimum atomic E-state index is -3.60. The molecule has 2 aromatic rings. The van der Waals surface area contributed by atoms with E-state index in [0.29, 0.717) is 36.5 Å². The van der Waals surface area contributed by atoms with Crippen LogP contribution in [0.2, 0.25) is 0 Å². The van der Waals surface area contributed by atoms with Crippen LogP contribution in [0.25, 0.3) is 0 Å². The highest BCUT2D eigenvalue weighted by Crippen LogP contribution is 2.30. The van der Waals surface area contributed by atoms with E-state index < -0.39 is 10.0 Å². The molecule has 6 nitrogen and oxygen atoms in total. The first-order valence-corrected chi connectivity index (χ1v) is 11.2. The molecule has 2 N–H and O–H groups in total. The van der Waals surface area contributed by atoms with E-state index in [1.807, 2.05) is 45.9 Å². The number of hydrogen-bond acceptors (Lipinski definition) is 4. The molecule has 0 saturated carbocycles. The van der Waals surface area contributed by atoms with E-state index >= 15 is 0 Å². The predicted octanol–water partition coefficient (Wildman–Crippen LogP) is 3.67. The lowest BCUT2D eigenvalue weighted by Gasteiger charge is -2.31. The van der Waals surface area contributed by atoms with Gasteiger partial charge in [0.2, 0.25) is 15.9 Å². The molecule has 0 unspecified atom stereocenters. The Bertz CT molecular complexity index is 1020. The molecule has 2 aromatic carbocycles. The molecule has 1 aliphatic heterocycles. The Hall–Kier alpha value is -2.38. The van der Waals surface area contributed by atoms with Crippen LogP contribution >= 0.6 is 0 Å². The minimum Gasteiger partial charge on any atom is -0.506 e. The Kier molecular flexibility index (Phi) is 6.00. The lowest BCUT2D eigenvalue weighted by atomic mass is 9.97. The molecule has 0 spiro atoms. The second kappa shape index (κ2) is 8.16. The van der Waals surface area contributed by atoms with E-state index in [2.05, 4.69) is 5.32 Å². The first-order chi connectivity index (χ1) is 13.6. The van der Waals surface area contributed by atoms with Crippen LogP contribution in [0.1, 0.15) is 35.1 Å². The van der Waals surface area contributed by atoms with Gasteiger partial charge in [0.25, 0.3) is 0 Å². The highest BCUT2D eigenvalue weighted by Gasteiger charge is 2.33. The van der Waals surface area contributed by atoms with Gasteiger partial charge in [-0.25, -0.2) is 8.42 Å². The number of sulfonamides is 1. The van der Waals surface area contributed by atoms with Crippen molar-refractivity contribution in [1.82, 2.24) is 4.31 Å². The van der Waals surface area contributed by atoms with Crippen molar-refractivity contribution in [2.45, 2.75) is 45.4 Å². The van der Waals surface area contributed by atoms with Crippen LogP contribution in [-0.2, 0) is 14.8 Å². The predicted molar refractivity (Wildman–Crippen MR) is 114 cm³/mol. The standard InChI is InChI=1S/C22H28N2O4S/c1-14-5-6-19(20(25)13-14)23-22(26)18-7-9-24(10-8-18)29(27,28)21-16(3)11-15(2)12-17(21)4/h5-6,11-13,18,25H,7-10H2,1-4H3,(H,23,26). The summed E-state index contributed by atoms with van der Waals surface area (Å²) in [5, 5.41) is 12.7. The third-order valence-corrected chi connectivity index (χ3v) is 7.64. The van der Waals surface area contributed by atoms with E-state index in [9.17, 15) is 18.3 Å². The summed E-state index contributed by atoms with van der Waals surface area (Å²) in [6.07, 6.45) is 0.892. The maximum absolute atomic E-state index is 13.2. The van der Waals surface area contributed by atoms with Crippen LogP contribution in [0, 0.1) is 33.6 Å². The summed E-state index contributed by atoms with van der Waals surface area (Å²) in [7, 11) is -3.60. The average molecular weight is 417 g/mol. The summed E-state index contributed by atoms with van der Waals surface area (Å²) < 4.78 is 27.8. The molecule has 1 fully saturated rings. The molecule has 1 amide bonds. The number of amides is 1. The largest absolute Gasteiger partial charge is 0.506 e. The van der Waals surface area contributed by atoms with Crippen LogP contribution in [0.15, 0.2) is 35.2 Å².